The fourth-order valence-corrected chi connectivity index (χ4v) is 7.88. The first-order chi connectivity index (χ1) is 20.9. The van der Waals surface area contributed by atoms with Crippen LogP contribution in [-0.4, -0.2) is 72.6 Å². The standard InChI is InChI=1S/C32H37ClN4O6S/c1-20-27(36-17-7-8-18-36)16-14-25(29(20)43-6)32(34-21(2)30(38)35(3)4)26-19-22(33)9-15-28(26)37(31(32)39)44(40,41)24-12-10-23(42-5)11-13-24/h9-16,19,21,34H,7-8,17-18H2,1-6H3/t21-,32?/m0/s1. The van der Waals surface area contributed by atoms with Crippen molar-refractivity contribution in [2.45, 2.75) is 43.2 Å². The van der Waals surface area contributed by atoms with E-state index in [1.807, 2.05) is 13.0 Å². The summed E-state index contributed by atoms with van der Waals surface area (Å²) in [5.74, 6) is -0.235. The lowest BCUT2D eigenvalue weighted by Crippen LogP contribution is -2.58. The molecule has 2 atom stereocenters. The van der Waals surface area contributed by atoms with Crippen LogP contribution in [0.25, 0.3) is 0 Å². The second-order valence-corrected chi connectivity index (χ2v) is 13.5. The number of rotatable bonds is 9. The van der Waals surface area contributed by atoms with E-state index in [0.717, 1.165) is 41.5 Å². The predicted molar refractivity (Wildman–Crippen MR) is 170 cm³/mol. The number of methoxy groups -OCH3 is 2. The van der Waals surface area contributed by atoms with Crippen molar-refractivity contribution in [2.24, 2.45) is 0 Å². The molecular formula is C32H37ClN4O6S. The molecular weight excluding hydrogens is 604 g/mol. The van der Waals surface area contributed by atoms with Crippen molar-refractivity contribution < 1.29 is 27.5 Å². The SMILES string of the molecule is COc1ccc(S(=O)(=O)N2C(=O)C(N[C@@H](C)C(=O)N(C)C)(c3ccc(N4CCCC4)c(C)c3OC)c3cc(Cl)ccc32)cc1. The Balaban J connectivity index is 1.79. The molecule has 2 heterocycles. The number of nitrogens with zero attached hydrogens (tertiary/aromatic N) is 3. The van der Waals surface area contributed by atoms with Gasteiger partial charge in [0.05, 0.1) is 30.8 Å². The maximum atomic E-state index is 15.0. The summed E-state index contributed by atoms with van der Waals surface area (Å²) in [4.78, 5) is 31.8. The van der Waals surface area contributed by atoms with Crippen molar-refractivity contribution in [1.29, 1.82) is 0 Å². The maximum Gasteiger partial charge on any atom is 0.270 e. The van der Waals surface area contributed by atoms with E-state index in [0.29, 0.717) is 22.1 Å². The molecule has 10 nitrogen and oxygen atoms in total. The number of sulfonamides is 1. The van der Waals surface area contributed by atoms with Crippen LogP contribution in [0.4, 0.5) is 11.4 Å². The molecule has 0 bridgehead atoms. The van der Waals surface area contributed by atoms with E-state index in [1.165, 1.54) is 55.5 Å². The number of anilines is 2. The molecule has 1 fully saturated rings. The summed E-state index contributed by atoms with van der Waals surface area (Å²) in [6.45, 7) is 5.35. The molecule has 0 saturated carbocycles. The number of likely N-dealkylation sites (N-methyl/N-ethyl adjacent to an activating group) is 1. The average molecular weight is 641 g/mol. The molecule has 1 saturated heterocycles. The molecule has 0 radical (unpaired) electrons. The smallest absolute Gasteiger partial charge is 0.270 e. The Hall–Kier alpha value is -3.80. The van der Waals surface area contributed by atoms with E-state index in [2.05, 4.69) is 10.2 Å². The number of hydrogen-bond acceptors (Lipinski definition) is 8. The zero-order chi connectivity index (χ0) is 32.0. The highest BCUT2D eigenvalue weighted by Crippen LogP contribution is 2.51. The van der Waals surface area contributed by atoms with Gasteiger partial charge in [0.1, 0.15) is 11.5 Å². The molecule has 12 heteroatoms. The fourth-order valence-electron chi connectivity index (χ4n) is 6.25. The van der Waals surface area contributed by atoms with Crippen LogP contribution in [0.5, 0.6) is 11.5 Å². The lowest BCUT2D eigenvalue weighted by molar-refractivity contribution is -0.131. The minimum absolute atomic E-state index is 0.103. The van der Waals surface area contributed by atoms with Crippen molar-refractivity contribution in [3.8, 4) is 11.5 Å². The summed E-state index contributed by atoms with van der Waals surface area (Å²) in [5, 5.41) is 3.56. The number of amides is 2. The van der Waals surface area contributed by atoms with E-state index >= 15 is 4.79 Å². The Bertz CT molecular complexity index is 1710. The van der Waals surface area contributed by atoms with Gasteiger partial charge in [-0.3, -0.25) is 14.9 Å². The van der Waals surface area contributed by atoms with Gasteiger partial charge in [0.2, 0.25) is 5.91 Å². The van der Waals surface area contributed by atoms with E-state index < -0.39 is 27.5 Å². The molecule has 0 aliphatic carbocycles. The summed E-state index contributed by atoms with van der Waals surface area (Å²) in [6, 6.07) is 13.2. The van der Waals surface area contributed by atoms with Gasteiger partial charge in [0.25, 0.3) is 15.9 Å². The van der Waals surface area contributed by atoms with Crippen LogP contribution in [0.15, 0.2) is 59.5 Å². The molecule has 5 rings (SSSR count). The average Bonchev–Trinajstić information content (AvgIpc) is 3.62. The Morgan fingerprint density at radius 2 is 1.61 bits per heavy atom. The lowest BCUT2D eigenvalue weighted by Gasteiger charge is -2.36. The zero-order valence-electron chi connectivity index (χ0n) is 25.7. The van der Waals surface area contributed by atoms with Gasteiger partial charge >= 0.3 is 0 Å². The van der Waals surface area contributed by atoms with Crippen molar-refractivity contribution in [3.05, 3.63) is 76.3 Å². The highest BCUT2D eigenvalue weighted by molar-refractivity contribution is 7.93. The molecule has 1 N–H and O–H groups in total. The van der Waals surface area contributed by atoms with Crippen LogP contribution in [0.1, 0.15) is 36.5 Å². The van der Waals surface area contributed by atoms with Gasteiger partial charge in [-0.2, -0.15) is 0 Å². The Morgan fingerprint density at radius 3 is 2.20 bits per heavy atom. The number of hydrogen-bond donors (Lipinski definition) is 1. The van der Waals surface area contributed by atoms with Gasteiger partial charge in [0, 0.05) is 54.6 Å². The Morgan fingerprint density at radius 1 is 0.977 bits per heavy atom. The molecule has 3 aromatic rings. The molecule has 2 amide bonds. The lowest BCUT2D eigenvalue weighted by atomic mass is 9.81. The summed E-state index contributed by atoms with van der Waals surface area (Å²) in [5.41, 5.74) is 0.694. The molecule has 3 aromatic carbocycles. The first kappa shape index (κ1) is 31.6. The largest absolute Gasteiger partial charge is 0.497 e. The molecule has 234 valence electrons. The van der Waals surface area contributed by atoms with Gasteiger partial charge in [-0.15, -0.1) is 0 Å². The van der Waals surface area contributed by atoms with E-state index in [1.54, 1.807) is 33.2 Å². The normalized spacial score (nSPS) is 18.8. The van der Waals surface area contributed by atoms with Crippen molar-refractivity contribution in [3.63, 3.8) is 0 Å². The number of halogens is 1. The van der Waals surface area contributed by atoms with Gasteiger partial charge < -0.3 is 19.3 Å². The number of benzene rings is 3. The molecule has 1 unspecified atom stereocenters. The molecule has 44 heavy (non-hydrogen) atoms. The Kier molecular flexibility index (Phi) is 8.58. The van der Waals surface area contributed by atoms with Gasteiger partial charge in [-0.25, -0.2) is 12.7 Å². The molecule has 2 aliphatic rings. The summed E-state index contributed by atoms with van der Waals surface area (Å²) in [6.07, 6.45) is 2.14. The monoisotopic (exact) mass is 640 g/mol. The zero-order valence-corrected chi connectivity index (χ0v) is 27.3. The third kappa shape index (κ3) is 5.06. The van der Waals surface area contributed by atoms with Gasteiger partial charge in [-0.05, 0) is 75.2 Å². The quantitative estimate of drug-likeness (QED) is 0.369. The van der Waals surface area contributed by atoms with Crippen LogP contribution in [0.2, 0.25) is 5.02 Å². The van der Waals surface area contributed by atoms with E-state index in [9.17, 15) is 13.2 Å². The van der Waals surface area contributed by atoms with E-state index in [4.69, 9.17) is 21.1 Å². The molecule has 0 spiro atoms. The number of fused-ring (bicyclic) bond motifs is 1. The van der Waals surface area contributed by atoms with Crippen LogP contribution >= 0.6 is 11.6 Å². The number of ether oxygens (including phenoxy) is 2. The van der Waals surface area contributed by atoms with Crippen molar-refractivity contribution in [1.82, 2.24) is 10.2 Å². The summed E-state index contributed by atoms with van der Waals surface area (Å²) < 4.78 is 40.6. The van der Waals surface area contributed by atoms with Crippen LogP contribution < -0.4 is 24.0 Å². The van der Waals surface area contributed by atoms with Crippen molar-refractivity contribution in [2.75, 3.05) is 50.6 Å². The topological polar surface area (TPSA) is 108 Å². The van der Waals surface area contributed by atoms with Gasteiger partial charge in [0.15, 0.2) is 5.54 Å². The number of nitrogens with one attached hydrogen (secondary N) is 1. The molecule has 0 aromatic heterocycles. The minimum Gasteiger partial charge on any atom is -0.497 e. The van der Waals surface area contributed by atoms with Crippen LogP contribution in [0.3, 0.4) is 0 Å². The molecule has 2 aliphatic heterocycles. The number of carbonyl (C=O) groups is 2. The third-order valence-electron chi connectivity index (χ3n) is 8.36. The van der Waals surface area contributed by atoms with Crippen molar-refractivity contribution >= 4 is 44.8 Å². The predicted octanol–water partition coefficient (Wildman–Crippen LogP) is 4.31. The third-order valence-corrected chi connectivity index (χ3v) is 10.3. The number of carbonyl (C=O) groups excluding carboxylic acids is 2. The van der Waals surface area contributed by atoms with E-state index in [-0.39, 0.29) is 22.1 Å². The van der Waals surface area contributed by atoms with Gasteiger partial charge in [-0.1, -0.05) is 17.7 Å². The Labute approximate surface area is 263 Å². The first-order valence-electron chi connectivity index (χ1n) is 14.3. The van der Waals surface area contributed by atoms with Crippen LogP contribution in [-0.2, 0) is 25.2 Å². The highest BCUT2D eigenvalue weighted by Gasteiger charge is 2.58. The van der Waals surface area contributed by atoms with Crippen LogP contribution in [0, 0.1) is 6.92 Å². The summed E-state index contributed by atoms with van der Waals surface area (Å²) in [7, 11) is 1.79. The second-order valence-electron chi connectivity index (χ2n) is 11.2. The highest BCUT2D eigenvalue weighted by atomic mass is 35.5. The maximum absolute atomic E-state index is 15.0. The fraction of sp³-hybridized carbons (Fsp3) is 0.375. The second kappa shape index (κ2) is 11.9. The summed E-state index contributed by atoms with van der Waals surface area (Å²) >= 11 is 6.53. The first-order valence-corrected chi connectivity index (χ1v) is 16.2. The minimum atomic E-state index is -4.44.